The number of nitrogens with two attached hydrogens (primary N) is 1. The molecule has 12 nitrogen and oxygen atoms in total. The number of aromatic nitrogens is 2. The highest BCUT2D eigenvalue weighted by atomic mass is 32.2. The summed E-state index contributed by atoms with van der Waals surface area (Å²) < 4.78 is 45.3. The lowest BCUT2D eigenvalue weighted by Crippen LogP contribution is -2.36. The summed E-state index contributed by atoms with van der Waals surface area (Å²) >= 11 is 0. The molecular formula is C25H33N5O7S. The molecule has 0 radical (unpaired) electrons. The van der Waals surface area contributed by atoms with Crippen LogP contribution in [0.25, 0.3) is 10.9 Å². The molecule has 13 heteroatoms. The minimum Gasteiger partial charge on any atom is -0.493 e. The molecule has 4 rings (SSSR count). The van der Waals surface area contributed by atoms with Crippen molar-refractivity contribution >= 4 is 38.7 Å². The lowest BCUT2D eigenvalue weighted by molar-refractivity contribution is -0.130. The van der Waals surface area contributed by atoms with Gasteiger partial charge in [0.2, 0.25) is 11.9 Å². The number of fused-ring (bicyclic) bond motifs is 1. The first-order chi connectivity index (χ1) is 18.1. The van der Waals surface area contributed by atoms with Gasteiger partial charge in [-0.25, -0.2) is 4.98 Å². The van der Waals surface area contributed by atoms with E-state index in [9.17, 15) is 13.2 Å². The van der Waals surface area contributed by atoms with Crippen LogP contribution in [-0.4, -0.2) is 75.9 Å². The number of methoxy groups -OCH3 is 2. The lowest BCUT2D eigenvalue weighted by Gasteiger charge is -2.19. The van der Waals surface area contributed by atoms with Crippen LogP contribution in [0.1, 0.15) is 19.3 Å². The molecule has 1 fully saturated rings. The first kappa shape index (κ1) is 28.9. The SMILES string of the molecule is COc1cc2nc(N(C)CCCNC(=O)C3CCCO3)nc(N)c2cc1OC.O=S(=O)(O)c1ccccc1. The van der Waals surface area contributed by atoms with Crippen LogP contribution in [0.2, 0.25) is 0 Å². The van der Waals surface area contributed by atoms with E-state index >= 15 is 0 Å². The summed E-state index contributed by atoms with van der Waals surface area (Å²) in [5.74, 6) is 2.02. The quantitative estimate of drug-likeness (QED) is 0.266. The summed E-state index contributed by atoms with van der Waals surface area (Å²) in [4.78, 5) is 22.8. The van der Waals surface area contributed by atoms with Gasteiger partial charge in [-0.05, 0) is 37.5 Å². The predicted octanol–water partition coefficient (Wildman–Crippen LogP) is 2.28. The number of rotatable bonds is 9. The standard InChI is InChI=1S/C19H27N5O4.C6H6O3S/c1-24(8-5-7-21-18(25)14-6-4-9-28-14)19-22-13-11-16(27-3)15(26-2)10-12(13)17(20)23-19;7-10(8,9)6-4-2-1-3-5-6/h10-11,14H,4-9H2,1-3H3,(H,21,25)(H2,20,22,23);1-5H,(H,7,8,9). The van der Waals surface area contributed by atoms with Gasteiger partial charge in [-0.3, -0.25) is 9.35 Å². The Bertz CT molecular complexity index is 1330. The second-order valence-corrected chi connectivity index (χ2v) is 9.91. The van der Waals surface area contributed by atoms with Crippen LogP contribution in [0.3, 0.4) is 0 Å². The number of carbonyl (C=O) groups is 1. The third-order valence-corrected chi connectivity index (χ3v) is 6.66. The highest BCUT2D eigenvalue weighted by Gasteiger charge is 2.23. The number of benzene rings is 2. The molecule has 1 aromatic heterocycles. The number of hydrogen-bond acceptors (Lipinski definition) is 10. The van der Waals surface area contributed by atoms with Crippen LogP contribution >= 0.6 is 0 Å². The molecule has 1 aliphatic heterocycles. The molecule has 38 heavy (non-hydrogen) atoms. The van der Waals surface area contributed by atoms with Gasteiger partial charge < -0.3 is 30.2 Å². The van der Waals surface area contributed by atoms with E-state index in [0.29, 0.717) is 53.9 Å². The van der Waals surface area contributed by atoms with E-state index < -0.39 is 10.1 Å². The van der Waals surface area contributed by atoms with Gasteiger partial charge in [-0.15, -0.1) is 0 Å². The number of nitrogens with zero attached hydrogens (tertiary/aromatic N) is 3. The number of hydrogen-bond donors (Lipinski definition) is 3. The van der Waals surface area contributed by atoms with E-state index in [4.69, 9.17) is 24.5 Å². The van der Waals surface area contributed by atoms with Crippen molar-refractivity contribution < 1.29 is 32.0 Å². The Labute approximate surface area is 221 Å². The zero-order valence-electron chi connectivity index (χ0n) is 21.6. The van der Waals surface area contributed by atoms with Crippen LogP contribution in [0.15, 0.2) is 47.4 Å². The topological polar surface area (TPSA) is 166 Å². The Balaban J connectivity index is 0.000000336. The fourth-order valence-electron chi connectivity index (χ4n) is 3.76. The fourth-order valence-corrected chi connectivity index (χ4v) is 4.26. The summed E-state index contributed by atoms with van der Waals surface area (Å²) in [6, 6.07) is 11.0. The van der Waals surface area contributed by atoms with Crippen molar-refractivity contribution in [2.45, 2.75) is 30.3 Å². The molecule has 0 saturated carbocycles. The molecule has 1 unspecified atom stereocenters. The second kappa shape index (κ2) is 13.2. The highest BCUT2D eigenvalue weighted by Crippen LogP contribution is 2.34. The molecule has 1 atom stereocenters. The van der Waals surface area contributed by atoms with Crippen LogP contribution in [0, 0.1) is 0 Å². The van der Waals surface area contributed by atoms with Crippen molar-refractivity contribution in [1.29, 1.82) is 0 Å². The van der Waals surface area contributed by atoms with Crippen molar-refractivity contribution in [3.8, 4) is 11.5 Å². The van der Waals surface area contributed by atoms with E-state index in [1.807, 2.05) is 11.9 Å². The van der Waals surface area contributed by atoms with Gasteiger partial charge in [-0.2, -0.15) is 13.4 Å². The van der Waals surface area contributed by atoms with Crippen LogP contribution < -0.4 is 25.4 Å². The third kappa shape index (κ3) is 7.66. The molecule has 0 spiro atoms. The van der Waals surface area contributed by atoms with Crippen LogP contribution in [0.4, 0.5) is 11.8 Å². The molecule has 2 heterocycles. The van der Waals surface area contributed by atoms with Crippen molar-refractivity contribution in [2.24, 2.45) is 0 Å². The highest BCUT2D eigenvalue weighted by molar-refractivity contribution is 7.85. The monoisotopic (exact) mass is 547 g/mol. The van der Waals surface area contributed by atoms with Crippen LogP contribution in [0.5, 0.6) is 11.5 Å². The number of carbonyl (C=O) groups excluding carboxylic acids is 1. The van der Waals surface area contributed by atoms with E-state index in [-0.39, 0.29) is 16.9 Å². The Kier molecular flexibility index (Phi) is 10.0. The van der Waals surface area contributed by atoms with E-state index in [1.165, 1.54) is 12.1 Å². The van der Waals surface area contributed by atoms with Gasteiger partial charge in [-0.1, -0.05) is 18.2 Å². The summed E-state index contributed by atoms with van der Waals surface area (Å²) in [6.07, 6.45) is 2.19. The maximum atomic E-state index is 12.0. The molecule has 206 valence electrons. The molecule has 0 bridgehead atoms. The number of amides is 1. The Morgan fingerprint density at radius 3 is 2.45 bits per heavy atom. The normalized spacial score (nSPS) is 14.9. The summed E-state index contributed by atoms with van der Waals surface area (Å²) in [6.45, 7) is 1.90. The zero-order chi connectivity index (χ0) is 27.7. The average Bonchev–Trinajstić information content (AvgIpc) is 3.46. The molecule has 1 aliphatic rings. The fraction of sp³-hybridized carbons (Fsp3) is 0.400. The van der Waals surface area contributed by atoms with Gasteiger partial charge in [0.15, 0.2) is 11.5 Å². The minimum absolute atomic E-state index is 0.0348. The molecule has 3 aromatic rings. The van der Waals surface area contributed by atoms with Gasteiger partial charge >= 0.3 is 0 Å². The molecule has 1 amide bonds. The van der Waals surface area contributed by atoms with E-state index in [1.54, 1.807) is 44.6 Å². The Morgan fingerprint density at radius 1 is 1.18 bits per heavy atom. The molecular weight excluding hydrogens is 514 g/mol. The minimum atomic E-state index is -4.00. The number of anilines is 2. The maximum Gasteiger partial charge on any atom is 0.294 e. The first-order valence-electron chi connectivity index (χ1n) is 12.0. The van der Waals surface area contributed by atoms with Gasteiger partial charge in [0, 0.05) is 38.2 Å². The van der Waals surface area contributed by atoms with Crippen molar-refractivity contribution in [1.82, 2.24) is 15.3 Å². The largest absolute Gasteiger partial charge is 0.493 e. The Morgan fingerprint density at radius 2 is 1.87 bits per heavy atom. The average molecular weight is 548 g/mol. The number of nitrogen functional groups attached to an aromatic ring is 1. The zero-order valence-corrected chi connectivity index (χ0v) is 22.4. The Hall–Kier alpha value is -3.68. The molecule has 0 aliphatic carbocycles. The smallest absolute Gasteiger partial charge is 0.294 e. The van der Waals surface area contributed by atoms with Crippen molar-refractivity contribution in [3.05, 3.63) is 42.5 Å². The van der Waals surface area contributed by atoms with E-state index in [0.717, 1.165) is 19.3 Å². The molecule has 4 N–H and O–H groups in total. The summed E-state index contributed by atoms with van der Waals surface area (Å²) in [7, 11) is 1.03. The summed E-state index contributed by atoms with van der Waals surface area (Å²) in [5.41, 5.74) is 6.81. The van der Waals surface area contributed by atoms with Crippen LogP contribution in [-0.2, 0) is 19.6 Å². The number of nitrogens with one attached hydrogen (secondary N) is 1. The van der Waals surface area contributed by atoms with Gasteiger partial charge in [0.25, 0.3) is 10.1 Å². The third-order valence-electron chi connectivity index (χ3n) is 5.79. The first-order valence-corrected chi connectivity index (χ1v) is 13.4. The number of ether oxygens (including phenoxy) is 3. The second-order valence-electron chi connectivity index (χ2n) is 8.49. The maximum absolute atomic E-state index is 12.0. The predicted molar refractivity (Wildman–Crippen MR) is 143 cm³/mol. The van der Waals surface area contributed by atoms with Crippen molar-refractivity contribution in [2.75, 3.05) is 51.6 Å². The van der Waals surface area contributed by atoms with Crippen molar-refractivity contribution in [3.63, 3.8) is 0 Å². The molecule has 2 aromatic carbocycles. The van der Waals surface area contributed by atoms with Gasteiger partial charge in [0.1, 0.15) is 11.9 Å². The molecule has 1 saturated heterocycles. The van der Waals surface area contributed by atoms with Gasteiger partial charge in [0.05, 0.1) is 24.6 Å². The lowest BCUT2D eigenvalue weighted by atomic mass is 10.2. The van der Waals surface area contributed by atoms with E-state index in [2.05, 4.69) is 15.3 Å². The summed E-state index contributed by atoms with van der Waals surface area (Å²) in [5, 5.41) is 3.62.